The number of ketones is 1. The van der Waals surface area contributed by atoms with Crippen LogP contribution in [0.15, 0.2) is 48.5 Å². The molecule has 2 aromatic carbocycles. The molecule has 2 N–H and O–H groups in total. The third kappa shape index (κ3) is 20.3. The van der Waals surface area contributed by atoms with E-state index in [1.165, 1.54) is 24.6 Å². The van der Waals surface area contributed by atoms with Gasteiger partial charge in [-0.05, 0) is 69.7 Å². The van der Waals surface area contributed by atoms with E-state index in [-0.39, 0.29) is 29.5 Å². The maximum atomic E-state index is 12.6. The molecular formula is C29H44Cl2FNO3. The second-order valence-electron chi connectivity index (χ2n) is 8.27. The first-order chi connectivity index (χ1) is 17.1. The third-order valence-corrected chi connectivity index (χ3v) is 5.38. The van der Waals surface area contributed by atoms with E-state index in [1.807, 2.05) is 45.0 Å². The van der Waals surface area contributed by atoms with Gasteiger partial charge in [0.05, 0.1) is 18.6 Å². The van der Waals surface area contributed by atoms with Crippen molar-refractivity contribution >= 4 is 35.0 Å². The number of esters is 1. The summed E-state index contributed by atoms with van der Waals surface area (Å²) in [6.07, 6.45) is 3.39. The molecule has 0 aromatic heterocycles. The van der Waals surface area contributed by atoms with E-state index >= 15 is 0 Å². The molecule has 36 heavy (non-hydrogen) atoms. The molecule has 0 spiro atoms. The highest BCUT2D eigenvalue weighted by molar-refractivity contribution is 6.18. The van der Waals surface area contributed by atoms with Gasteiger partial charge in [0.15, 0.2) is 0 Å². The minimum atomic E-state index is -0.359. The molecule has 1 unspecified atom stereocenters. The van der Waals surface area contributed by atoms with Crippen molar-refractivity contribution in [2.24, 2.45) is 11.7 Å². The van der Waals surface area contributed by atoms with Crippen molar-refractivity contribution in [3.8, 4) is 0 Å². The summed E-state index contributed by atoms with van der Waals surface area (Å²) in [4.78, 5) is 22.2. The van der Waals surface area contributed by atoms with Crippen LogP contribution < -0.4 is 5.73 Å². The lowest BCUT2D eigenvalue weighted by molar-refractivity contribution is -0.147. The summed E-state index contributed by atoms with van der Waals surface area (Å²) in [5, 5.41) is 0. The van der Waals surface area contributed by atoms with Crippen molar-refractivity contribution in [2.45, 2.75) is 73.3 Å². The minimum Gasteiger partial charge on any atom is -0.466 e. The van der Waals surface area contributed by atoms with Gasteiger partial charge < -0.3 is 10.5 Å². The van der Waals surface area contributed by atoms with Gasteiger partial charge in [-0.25, -0.2) is 4.39 Å². The normalized spacial score (nSPS) is 11.3. The Hall–Kier alpha value is -1.95. The highest BCUT2D eigenvalue weighted by atomic mass is 35.5. The molecule has 0 amide bonds. The fourth-order valence-electron chi connectivity index (χ4n) is 2.46. The number of carbonyl (C=O) groups excluding carboxylic acids is 2. The predicted molar refractivity (Wildman–Crippen MR) is 151 cm³/mol. The topological polar surface area (TPSA) is 69.4 Å². The molecule has 0 aliphatic carbocycles. The van der Waals surface area contributed by atoms with E-state index in [1.54, 1.807) is 26.0 Å². The van der Waals surface area contributed by atoms with Crippen LogP contribution in [-0.2, 0) is 27.2 Å². The molecule has 2 rings (SSSR count). The van der Waals surface area contributed by atoms with E-state index in [0.29, 0.717) is 19.4 Å². The number of halogens is 3. The summed E-state index contributed by atoms with van der Waals surface area (Å²) < 4.78 is 17.5. The van der Waals surface area contributed by atoms with E-state index in [0.717, 1.165) is 35.7 Å². The molecule has 0 aliphatic rings. The van der Waals surface area contributed by atoms with Gasteiger partial charge in [-0.1, -0.05) is 62.7 Å². The molecule has 2 atom stereocenters. The molecule has 4 nitrogen and oxygen atoms in total. The number of aryl methyl sites for hydroxylation is 1. The molecular weight excluding hydrogens is 500 g/mol. The van der Waals surface area contributed by atoms with Crippen molar-refractivity contribution in [3.05, 3.63) is 71.0 Å². The first-order valence-electron chi connectivity index (χ1n) is 12.4. The summed E-state index contributed by atoms with van der Waals surface area (Å²) in [6, 6.07) is 13.9. The molecule has 7 heteroatoms. The Balaban J connectivity index is 0. The molecule has 204 valence electrons. The molecule has 0 bridgehead atoms. The molecule has 0 aliphatic heterocycles. The first kappa shape index (κ1) is 36.2. The highest BCUT2D eigenvalue weighted by Crippen LogP contribution is 2.11. The fraction of sp³-hybridized carbons (Fsp3) is 0.517. The van der Waals surface area contributed by atoms with Crippen molar-refractivity contribution in [1.29, 1.82) is 0 Å². The summed E-state index contributed by atoms with van der Waals surface area (Å²) in [5.41, 5.74) is 8.92. The van der Waals surface area contributed by atoms with Crippen LogP contribution >= 0.6 is 23.2 Å². The number of benzene rings is 2. The predicted octanol–water partition coefficient (Wildman–Crippen LogP) is 7.29. The molecule has 2 aromatic rings. The summed E-state index contributed by atoms with van der Waals surface area (Å²) >= 11 is 10.4. The van der Waals surface area contributed by atoms with E-state index in [2.05, 4.69) is 0 Å². The van der Waals surface area contributed by atoms with Crippen LogP contribution in [0.3, 0.4) is 0 Å². The maximum absolute atomic E-state index is 12.6. The SMILES string of the molecule is CC(=O)[C@@H](N)Cc1ccc(C)cc1.CCCCl.CCCCl.CCOC(=O)C(C)Cc1ccc(F)cc1. The number of rotatable bonds is 9. The van der Waals surface area contributed by atoms with Crippen LogP contribution in [0.2, 0.25) is 0 Å². The van der Waals surface area contributed by atoms with Gasteiger partial charge in [0, 0.05) is 11.8 Å². The van der Waals surface area contributed by atoms with E-state index in [4.69, 9.17) is 33.7 Å². The molecule has 0 saturated carbocycles. The molecule has 0 radical (unpaired) electrons. The monoisotopic (exact) mass is 543 g/mol. The van der Waals surface area contributed by atoms with Crippen LogP contribution in [0, 0.1) is 18.7 Å². The van der Waals surface area contributed by atoms with Gasteiger partial charge in [-0.3, -0.25) is 9.59 Å². The summed E-state index contributed by atoms with van der Waals surface area (Å²) in [6.45, 7) is 11.6. The molecule has 0 saturated heterocycles. The van der Waals surface area contributed by atoms with Crippen LogP contribution in [0.5, 0.6) is 0 Å². The van der Waals surface area contributed by atoms with Crippen molar-refractivity contribution in [3.63, 3.8) is 0 Å². The molecule has 0 heterocycles. The quantitative estimate of drug-likeness (QED) is 0.266. The van der Waals surface area contributed by atoms with Crippen LogP contribution in [-0.4, -0.2) is 36.2 Å². The second kappa shape index (κ2) is 23.4. The number of hydrogen-bond acceptors (Lipinski definition) is 4. The number of carbonyl (C=O) groups is 2. The standard InChI is InChI=1S/C12H15FO2.C11H15NO.2C3H7Cl/c1-3-15-12(14)9(2)8-10-4-6-11(13)7-5-10;1-8-3-5-10(6-4-8)7-11(12)9(2)13;2*1-2-3-4/h4-7,9H,3,8H2,1-2H3;3-6,11H,7,12H2,1-2H3;2*2-3H2,1H3/t;11-;;/m.0../s1. The molecule has 0 fully saturated rings. The Labute approximate surface area is 227 Å². The van der Waals surface area contributed by atoms with Gasteiger partial charge in [0.2, 0.25) is 0 Å². The van der Waals surface area contributed by atoms with Gasteiger partial charge >= 0.3 is 5.97 Å². The second-order valence-corrected chi connectivity index (χ2v) is 9.02. The minimum absolute atomic E-state index is 0.0422. The van der Waals surface area contributed by atoms with Crippen molar-refractivity contribution in [2.75, 3.05) is 18.4 Å². The number of Topliss-reactive ketones (excluding diaryl/α,β-unsaturated/α-hetero) is 1. The van der Waals surface area contributed by atoms with Gasteiger partial charge in [-0.2, -0.15) is 0 Å². The number of hydrogen-bond donors (Lipinski definition) is 1. The van der Waals surface area contributed by atoms with Gasteiger partial charge in [-0.15, -0.1) is 23.2 Å². The van der Waals surface area contributed by atoms with Crippen LogP contribution in [0.25, 0.3) is 0 Å². The number of nitrogens with two attached hydrogens (primary N) is 1. The van der Waals surface area contributed by atoms with Crippen molar-refractivity contribution in [1.82, 2.24) is 0 Å². The average molecular weight is 545 g/mol. The summed E-state index contributed by atoms with van der Waals surface area (Å²) in [7, 11) is 0. The Bertz CT molecular complexity index is 806. The number of ether oxygens (including phenoxy) is 1. The van der Waals surface area contributed by atoms with Crippen LogP contribution in [0.1, 0.15) is 64.2 Å². The highest BCUT2D eigenvalue weighted by Gasteiger charge is 2.14. The average Bonchev–Trinajstić information content (AvgIpc) is 2.87. The van der Waals surface area contributed by atoms with Gasteiger partial charge in [0.25, 0.3) is 0 Å². The lowest BCUT2D eigenvalue weighted by Crippen LogP contribution is -2.30. The fourth-order valence-corrected chi connectivity index (χ4v) is 2.46. The summed E-state index contributed by atoms with van der Waals surface area (Å²) in [5.74, 6) is 0.973. The Morgan fingerprint density at radius 2 is 1.31 bits per heavy atom. The largest absolute Gasteiger partial charge is 0.466 e. The maximum Gasteiger partial charge on any atom is 0.308 e. The Morgan fingerprint density at radius 3 is 1.69 bits per heavy atom. The van der Waals surface area contributed by atoms with Crippen LogP contribution in [0.4, 0.5) is 4.39 Å². The van der Waals surface area contributed by atoms with Crippen molar-refractivity contribution < 1.29 is 18.7 Å². The first-order valence-corrected chi connectivity index (χ1v) is 13.5. The Kier molecular flexibility index (Phi) is 23.6. The number of alkyl halides is 2. The Morgan fingerprint density at radius 1 is 0.889 bits per heavy atom. The zero-order valence-electron chi connectivity index (χ0n) is 22.7. The van der Waals surface area contributed by atoms with Gasteiger partial charge in [0.1, 0.15) is 11.6 Å². The lowest BCUT2D eigenvalue weighted by atomic mass is 10.0. The zero-order chi connectivity index (χ0) is 27.9. The van der Waals surface area contributed by atoms with E-state index < -0.39 is 0 Å². The zero-order valence-corrected chi connectivity index (χ0v) is 24.2. The smallest absolute Gasteiger partial charge is 0.308 e. The third-order valence-electron chi connectivity index (χ3n) is 4.62. The lowest BCUT2D eigenvalue weighted by Gasteiger charge is -2.10. The van der Waals surface area contributed by atoms with E-state index in [9.17, 15) is 14.0 Å².